The van der Waals surface area contributed by atoms with Crippen molar-refractivity contribution in [1.29, 1.82) is 0 Å². The summed E-state index contributed by atoms with van der Waals surface area (Å²) >= 11 is 0. The normalized spacial score (nSPS) is 10.3. The van der Waals surface area contributed by atoms with E-state index in [1.807, 2.05) is 0 Å². The Morgan fingerprint density at radius 3 is 2.64 bits per heavy atom. The van der Waals surface area contributed by atoms with Crippen molar-refractivity contribution in [3.8, 4) is 0 Å². The van der Waals surface area contributed by atoms with Crippen molar-refractivity contribution < 1.29 is 13.9 Å². The molecule has 0 aliphatic carbocycles. The van der Waals surface area contributed by atoms with Crippen molar-refractivity contribution in [1.82, 2.24) is 4.98 Å². The molecule has 0 aliphatic heterocycles. The molecule has 0 aliphatic rings. The number of halogens is 1. The molecule has 14 heavy (non-hydrogen) atoms. The monoisotopic (exact) mass is 199 g/mol. The van der Waals surface area contributed by atoms with Crippen LogP contribution in [0.2, 0.25) is 0 Å². The number of ether oxygens (including phenoxy) is 1. The van der Waals surface area contributed by atoms with Gasteiger partial charge in [-0.2, -0.15) is 0 Å². The third kappa shape index (κ3) is 1.78. The minimum absolute atomic E-state index is 0.240. The van der Waals surface area contributed by atoms with Gasteiger partial charge >= 0.3 is 5.97 Å². The van der Waals surface area contributed by atoms with Gasteiger partial charge < -0.3 is 9.72 Å². The molecule has 78 valence electrons. The molecule has 0 aromatic carbocycles. The highest BCUT2D eigenvalue weighted by Crippen LogP contribution is 2.18. The Hall–Kier alpha value is -1.32. The van der Waals surface area contributed by atoms with E-state index in [-0.39, 0.29) is 11.5 Å². The molecule has 1 aromatic rings. The molecule has 0 radical (unpaired) electrons. The third-order valence-electron chi connectivity index (χ3n) is 2.04. The molecule has 1 rings (SSSR count). The smallest absolute Gasteiger partial charge is 0.355 e. The first kappa shape index (κ1) is 10.8. The second-order valence-corrected chi connectivity index (χ2v) is 2.99. The Morgan fingerprint density at radius 1 is 1.50 bits per heavy atom. The standard InChI is InChI=1S/C10H14FNO2/c1-4-7-8(11)6(3)12-9(7)10(13)14-5-2/h12H,4-5H2,1-3H3. The number of carbonyl (C=O) groups is 1. The van der Waals surface area contributed by atoms with E-state index in [4.69, 9.17) is 4.74 Å². The van der Waals surface area contributed by atoms with Gasteiger partial charge in [-0.1, -0.05) is 6.92 Å². The maximum absolute atomic E-state index is 13.4. The summed E-state index contributed by atoms with van der Waals surface area (Å²) in [5.74, 6) is -0.827. The Labute approximate surface area is 82.3 Å². The molecule has 0 fully saturated rings. The zero-order valence-corrected chi connectivity index (χ0v) is 8.61. The lowest BCUT2D eigenvalue weighted by molar-refractivity contribution is 0.0518. The SMILES string of the molecule is CCOC(=O)c1[nH]c(C)c(F)c1CC. The van der Waals surface area contributed by atoms with Gasteiger partial charge in [-0.15, -0.1) is 0 Å². The Bertz CT molecular complexity index is 344. The van der Waals surface area contributed by atoms with Crippen molar-refractivity contribution in [2.24, 2.45) is 0 Å². The average Bonchev–Trinajstić information content (AvgIpc) is 2.44. The average molecular weight is 199 g/mol. The molecule has 1 aromatic heterocycles. The van der Waals surface area contributed by atoms with Gasteiger partial charge in [0, 0.05) is 11.3 Å². The van der Waals surface area contributed by atoms with Crippen LogP contribution in [0.5, 0.6) is 0 Å². The largest absolute Gasteiger partial charge is 0.461 e. The van der Waals surface area contributed by atoms with E-state index < -0.39 is 5.97 Å². The topological polar surface area (TPSA) is 42.1 Å². The number of aromatic amines is 1. The molecule has 1 N–H and O–H groups in total. The molecule has 0 spiro atoms. The molecule has 0 amide bonds. The van der Waals surface area contributed by atoms with Crippen molar-refractivity contribution in [2.45, 2.75) is 27.2 Å². The van der Waals surface area contributed by atoms with Gasteiger partial charge in [0.25, 0.3) is 0 Å². The van der Waals surface area contributed by atoms with Crippen LogP contribution in [0.3, 0.4) is 0 Å². The van der Waals surface area contributed by atoms with Crippen LogP contribution in [0, 0.1) is 12.7 Å². The number of hydrogen-bond donors (Lipinski definition) is 1. The minimum Gasteiger partial charge on any atom is -0.461 e. The molecule has 0 unspecified atom stereocenters. The summed E-state index contributed by atoms with van der Waals surface area (Å²) in [6.45, 7) is 5.41. The van der Waals surface area contributed by atoms with Crippen molar-refractivity contribution in [3.05, 3.63) is 22.8 Å². The van der Waals surface area contributed by atoms with Gasteiger partial charge in [-0.3, -0.25) is 0 Å². The molecule has 0 saturated heterocycles. The predicted octanol–water partition coefficient (Wildman–Crippen LogP) is 2.20. The lowest BCUT2D eigenvalue weighted by atomic mass is 10.2. The van der Waals surface area contributed by atoms with Gasteiger partial charge in [-0.25, -0.2) is 9.18 Å². The lowest BCUT2D eigenvalue weighted by Crippen LogP contribution is -2.07. The summed E-state index contributed by atoms with van der Waals surface area (Å²) in [5.41, 5.74) is 1.02. The van der Waals surface area contributed by atoms with E-state index in [1.54, 1.807) is 20.8 Å². The summed E-state index contributed by atoms with van der Waals surface area (Å²) in [4.78, 5) is 14.1. The van der Waals surface area contributed by atoms with Crippen LogP contribution in [0.15, 0.2) is 0 Å². The van der Waals surface area contributed by atoms with Crippen molar-refractivity contribution >= 4 is 5.97 Å². The zero-order valence-electron chi connectivity index (χ0n) is 8.61. The quantitative estimate of drug-likeness (QED) is 0.758. The van der Waals surface area contributed by atoms with Gasteiger partial charge in [0.05, 0.1) is 6.61 Å². The fourth-order valence-corrected chi connectivity index (χ4v) is 1.36. The van der Waals surface area contributed by atoms with Gasteiger partial charge in [0.2, 0.25) is 0 Å². The number of H-pyrrole nitrogens is 1. The number of rotatable bonds is 3. The van der Waals surface area contributed by atoms with Crippen molar-refractivity contribution in [2.75, 3.05) is 6.61 Å². The molecule has 0 atom stereocenters. The third-order valence-corrected chi connectivity index (χ3v) is 2.04. The highest BCUT2D eigenvalue weighted by Gasteiger charge is 2.19. The Balaban J connectivity index is 3.08. The molecule has 4 heteroatoms. The first-order valence-electron chi connectivity index (χ1n) is 4.65. The van der Waals surface area contributed by atoms with E-state index in [2.05, 4.69) is 4.98 Å². The fourth-order valence-electron chi connectivity index (χ4n) is 1.36. The van der Waals surface area contributed by atoms with E-state index in [0.717, 1.165) is 0 Å². The molecule has 0 saturated carbocycles. The maximum atomic E-state index is 13.4. The van der Waals surface area contributed by atoms with Gasteiger partial charge in [0.1, 0.15) is 11.5 Å². The zero-order chi connectivity index (χ0) is 10.7. The Morgan fingerprint density at radius 2 is 2.14 bits per heavy atom. The second kappa shape index (κ2) is 4.26. The van der Waals surface area contributed by atoms with Crippen LogP contribution in [0.1, 0.15) is 35.6 Å². The molecule has 0 bridgehead atoms. The number of carbonyl (C=O) groups excluding carboxylic acids is 1. The Kier molecular flexibility index (Phi) is 3.28. The highest BCUT2D eigenvalue weighted by molar-refractivity contribution is 5.89. The number of hydrogen-bond acceptors (Lipinski definition) is 2. The van der Waals surface area contributed by atoms with E-state index in [1.165, 1.54) is 0 Å². The number of esters is 1. The maximum Gasteiger partial charge on any atom is 0.355 e. The highest BCUT2D eigenvalue weighted by atomic mass is 19.1. The first-order valence-corrected chi connectivity index (χ1v) is 4.65. The van der Waals surface area contributed by atoms with Crippen molar-refractivity contribution in [3.63, 3.8) is 0 Å². The number of aromatic nitrogens is 1. The molecule has 1 heterocycles. The first-order chi connectivity index (χ1) is 6.61. The van der Waals surface area contributed by atoms with Gasteiger partial charge in [-0.05, 0) is 20.3 Å². The van der Waals surface area contributed by atoms with Crippen LogP contribution in [0.4, 0.5) is 4.39 Å². The lowest BCUT2D eigenvalue weighted by Gasteiger charge is -2.01. The molecular formula is C10H14FNO2. The number of aryl methyl sites for hydroxylation is 1. The summed E-state index contributed by atoms with van der Waals surface area (Å²) < 4.78 is 18.2. The summed E-state index contributed by atoms with van der Waals surface area (Å²) in [6, 6.07) is 0. The second-order valence-electron chi connectivity index (χ2n) is 2.99. The van der Waals surface area contributed by atoms with Crippen LogP contribution >= 0.6 is 0 Å². The van der Waals surface area contributed by atoms with Crippen LogP contribution < -0.4 is 0 Å². The minimum atomic E-state index is -0.489. The number of nitrogens with one attached hydrogen (secondary N) is 1. The summed E-state index contributed by atoms with van der Waals surface area (Å²) in [6.07, 6.45) is 0.477. The van der Waals surface area contributed by atoms with E-state index in [0.29, 0.717) is 24.3 Å². The molecular weight excluding hydrogens is 185 g/mol. The van der Waals surface area contributed by atoms with E-state index in [9.17, 15) is 9.18 Å². The van der Waals surface area contributed by atoms with Crippen LogP contribution in [-0.4, -0.2) is 17.6 Å². The van der Waals surface area contributed by atoms with Crippen LogP contribution in [-0.2, 0) is 11.2 Å². The van der Waals surface area contributed by atoms with E-state index >= 15 is 0 Å². The predicted molar refractivity (Wildman–Crippen MR) is 50.8 cm³/mol. The van der Waals surface area contributed by atoms with Crippen LogP contribution in [0.25, 0.3) is 0 Å². The summed E-state index contributed by atoms with van der Waals surface area (Å²) in [5, 5.41) is 0. The fraction of sp³-hybridized carbons (Fsp3) is 0.500. The van der Waals surface area contributed by atoms with Gasteiger partial charge in [0.15, 0.2) is 0 Å². The summed E-state index contributed by atoms with van der Waals surface area (Å²) in [7, 11) is 0. The molecule has 3 nitrogen and oxygen atoms in total.